The Bertz CT molecular complexity index is 687. The van der Waals surface area contributed by atoms with Crippen molar-refractivity contribution in [2.45, 2.75) is 0 Å². The Morgan fingerprint density at radius 1 is 1.32 bits per heavy atom. The lowest BCUT2D eigenvalue weighted by molar-refractivity contribution is -0.130. The van der Waals surface area contributed by atoms with Gasteiger partial charge in [-0.05, 0) is 29.0 Å². The lowest BCUT2D eigenvalue weighted by Crippen LogP contribution is -2.26. The van der Waals surface area contributed by atoms with Gasteiger partial charge in [0.2, 0.25) is 5.78 Å². The Balaban J connectivity index is 2.18. The highest BCUT2D eigenvalue weighted by molar-refractivity contribution is 9.10. The first-order valence-electron chi connectivity index (χ1n) is 4.96. The normalized spacial score (nSPS) is 22.1. The minimum atomic E-state index is -0.696. The number of halogens is 2. The van der Waals surface area contributed by atoms with Crippen LogP contribution in [-0.2, 0) is 4.79 Å². The number of allylic oxidation sites excluding steroid dienone is 1. The fourth-order valence-electron chi connectivity index (χ4n) is 1.65. The van der Waals surface area contributed by atoms with Crippen molar-refractivity contribution in [3.05, 3.63) is 38.7 Å². The van der Waals surface area contributed by atoms with E-state index < -0.39 is 11.8 Å². The highest BCUT2D eigenvalue weighted by atomic mass is 79.9. The maximum absolute atomic E-state index is 12.4. The third-order valence-electron chi connectivity index (χ3n) is 2.47. The van der Waals surface area contributed by atoms with Gasteiger partial charge < -0.3 is 4.74 Å². The molecule has 96 valence electrons. The summed E-state index contributed by atoms with van der Waals surface area (Å²) in [6, 6.07) is 4.89. The summed E-state index contributed by atoms with van der Waals surface area (Å²) in [7, 11) is 2.29. The van der Waals surface area contributed by atoms with E-state index in [1.807, 2.05) is 0 Å². The molecule has 2 aliphatic rings. The standard InChI is InChI=1S/C11H3BrClNO3S2/c12-4-1-2-6-5(3-4)8(15)7(11(16)17-6)9-10(13)14-19-18-9/h1-3H/b9-7+. The van der Waals surface area contributed by atoms with Gasteiger partial charge in [-0.25, -0.2) is 4.79 Å². The van der Waals surface area contributed by atoms with Crippen LogP contribution in [-0.4, -0.2) is 16.9 Å². The van der Waals surface area contributed by atoms with Gasteiger partial charge in [-0.1, -0.05) is 27.5 Å². The number of benzene rings is 1. The lowest BCUT2D eigenvalue weighted by atomic mass is 9.99. The van der Waals surface area contributed by atoms with Gasteiger partial charge in [0, 0.05) is 4.47 Å². The molecule has 19 heavy (non-hydrogen) atoms. The molecule has 0 unspecified atom stereocenters. The summed E-state index contributed by atoms with van der Waals surface area (Å²) in [4.78, 5) is 24.7. The zero-order valence-electron chi connectivity index (χ0n) is 8.98. The molecule has 1 aromatic rings. The Labute approximate surface area is 129 Å². The van der Waals surface area contributed by atoms with E-state index in [9.17, 15) is 9.59 Å². The molecule has 3 rings (SSSR count). The number of nitrogens with zero attached hydrogens (tertiary/aromatic N) is 1. The number of esters is 1. The average molecular weight is 377 g/mol. The van der Waals surface area contributed by atoms with Gasteiger partial charge in [0.1, 0.15) is 11.3 Å². The van der Waals surface area contributed by atoms with E-state index >= 15 is 0 Å². The molecule has 0 atom stereocenters. The summed E-state index contributed by atoms with van der Waals surface area (Å²) in [5, 5.41) is 0.147. The molecule has 0 spiro atoms. The minimum Gasteiger partial charge on any atom is -0.422 e. The third-order valence-corrected chi connectivity index (χ3v) is 5.29. The molecule has 4 nitrogen and oxygen atoms in total. The van der Waals surface area contributed by atoms with Crippen molar-refractivity contribution in [2.24, 2.45) is 4.40 Å². The number of hydrogen-bond acceptors (Lipinski definition) is 6. The van der Waals surface area contributed by atoms with Crippen LogP contribution in [0.4, 0.5) is 0 Å². The maximum Gasteiger partial charge on any atom is 0.348 e. The summed E-state index contributed by atoms with van der Waals surface area (Å²) >= 11 is 9.16. The van der Waals surface area contributed by atoms with Crippen LogP contribution < -0.4 is 4.74 Å². The number of rotatable bonds is 0. The predicted molar refractivity (Wildman–Crippen MR) is 79.6 cm³/mol. The van der Waals surface area contributed by atoms with Crippen LogP contribution >= 0.6 is 49.3 Å². The molecule has 2 aliphatic heterocycles. The minimum absolute atomic E-state index is 0.0608. The summed E-state index contributed by atoms with van der Waals surface area (Å²) in [6.45, 7) is 0. The number of fused-ring (bicyclic) bond motifs is 1. The molecule has 0 radical (unpaired) electrons. The second-order valence-corrected chi connectivity index (χ2v) is 6.73. The first-order chi connectivity index (χ1) is 9.08. The molecule has 0 aromatic heterocycles. The van der Waals surface area contributed by atoms with Gasteiger partial charge in [-0.15, -0.1) is 0 Å². The van der Waals surface area contributed by atoms with E-state index in [2.05, 4.69) is 20.3 Å². The number of ketones is 1. The first kappa shape index (κ1) is 13.2. The molecule has 0 saturated heterocycles. The predicted octanol–water partition coefficient (Wildman–Crippen LogP) is 3.75. The molecule has 0 N–H and O–H groups in total. The quantitative estimate of drug-likeness (QED) is 0.172. The summed E-state index contributed by atoms with van der Waals surface area (Å²) in [5.74, 6) is -0.838. The summed E-state index contributed by atoms with van der Waals surface area (Å²) in [6.07, 6.45) is 0. The van der Waals surface area contributed by atoms with Crippen molar-refractivity contribution in [1.82, 2.24) is 0 Å². The Morgan fingerprint density at radius 3 is 2.79 bits per heavy atom. The summed E-state index contributed by atoms with van der Waals surface area (Å²) < 4.78 is 9.76. The van der Waals surface area contributed by atoms with Crippen LogP contribution in [0.1, 0.15) is 10.4 Å². The largest absolute Gasteiger partial charge is 0.422 e. The van der Waals surface area contributed by atoms with Crippen LogP contribution in [0.25, 0.3) is 0 Å². The van der Waals surface area contributed by atoms with Crippen LogP contribution in [0.15, 0.2) is 37.5 Å². The van der Waals surface area contributed by atoms with Crippen molar-refractivity contribution >= 4 is 66.2 Å². The van der Waals surface area contributed by atoms with Gasteiger partial charge in [0.05, 0.1) is 21.4 Å². The molecular formula is C11H3BrClNO3S2. The topological polar surface area (TPSA) is 55.7 Å². The van der Waals surface area contributed by atoms with Gasteiger partial charge >= 0.3 is 5.97 Å². The van der Waals surface area contributed by atoms with Crippen molar-refractivity contribution < 1.29 is 14.3 Å². The highest BCUT2D eigenvalue weighted by Gasteiger charge is 2.36. The van der Waals surface area contributed by atoms with Crippen molar-refractivity contribution in [2.75, 3.05) is 0 Å². The SMILES string of the molecule is O=C1Oc2ccc(Br)cc2C(=O)/C1=C1\SSN=C1Cl. The second kappa shape index (κ2) is 4.97. The van der Waals surface area contributed by atoms with Crippen LogP contribution in [0.3, 0.4) is 0 Å². The van der Waals surface area contributed by atoms with Crippen LogP contribution in [0.5, 0.6) is 5.75 Å². The molecule has 1 aromatic carbocycles. The zero-order valence-corrected chi connectivity index (χ0v) is 13.0. The van der Waals surface area contributed by atoms with E-state index in [0.29, 0.717) is 10.5 Å². The zero-order chi connectivity index (χ0) is 13.6. The molecule has 0 amide bonds. The Hall–Kier alpha value is -0.760. The van der Waals surface area contributed by atoms with Gasteiger partial charge in [-0.2, -0.15) is 4.40 Å². The van der Waals surface area contributed by atoms with Crippen molar-refractivity contribution in [3.63, 3.8) is 0 Å². The molecule has 0 fully saturated rings. The fraction of sp³-hybridized carbons (Fsp3) is 0. The second-order valence-electron chi connectivity index (χ2n) is 3.60. The highest BCUT2D eigenvalue weighted by Crippen LogP contribution is 2.44. The number of ether oxygens (including phenoxy) is 1. The first-order valence-corrected chi connectivity index (χ1v) is 8.24. The fourth-order valence-corrected chi connectivity index (χ4v) is 4.33. The molecule has 0 saturated carbocycles. The van der Waals surface area contributed by atoms with Crippen molar-refractivity contribution in [3.8, 4) is 5.75 Å². The van der Waals surface area contributed by atoms with Crippen LogP contribution in [0.2, 0.25) is 0 Å². The number of hydrogen-bond donors (Lipinski definition) is 0. The number of Topliss-reactive ketones (excluding diaryl/α,β-unsaturated/α-hetero) is 1. The van der Waals surface area contributed by atoms with E-state index in [4.69, 9.17) is 16.3 Å². The van der Waals surface area contributed by atoms with E-state index in [0.717, 1.165) is 15.5 Å². The molecule has 0 bridgehead atoms. The van der Waals surface area contributed by atoms with Gasteiger partial charge in [-0.3, -0.25) is 4.79 Å². The summed E-state index contributed by atoms with van der Waals surface area (Å²) in [5.41, 5.74) is 0.271. The Kier molecular flexibility index (Phi) is 3.46. The van der Waals surface area contributed by atoms with E-state index in [1.54, 1.807) is 18.2 Å². The molecule has 8 heteroatoms. The number of carbonyl (C=O) groups is 2. The van der Waals surface area contributed by atoms with Crippen molar-refractivity contribution in [1.29, 1.82) is 0 Å². The van der Waals surface area contributed by atoms with E-state index in [1.165, 1.54) is 10.8 Å². The smallest absolute Gasteiger partial charge is 0.348 e. The molecule has 0 aliphatic carbocycles. The lowest BCUT2D eigenvalue weighted by Gasteiger charge is -2.17. The van der Waals surface area contributed by atoms with E-state index in [-0.39, 0.29) is 16.5 Å². The Morgan fingerprint density at radius 2 is 2.11 bits per heavy atom. The third kappa shape index (κ3) is 2.24. The van der Waals surface area contributed by atoms with Crippen LogP contribution in [0, 0.1) is 0 Å². The maximum atomic E-state index is 12.4. The number of carbonyl (C=O) groups excluding carboxylic acids is 2. The average Bonchev–Trinajstić information content (AvgIpc) is 2.77. The van der Waals surface area contributed by atoms with Gasteiger partial charge in [0.25, 0.3) is 0 Å². The molecule has 2 heterocycles. The monoisotopic (exact) mass is 375 g/mol. The van der Waals surface area contributed by atoms with Gasteiger partial charge in [0.15, 0.2) is 5.17 Å². The molecular weight excluding hydrogens is 374 g/mol.